The molecule has 1 N–H and O–H groups in total. The molecule has 3 nitrogen and oxygen atoms in total. The van der Waals surface area contributed by atoms with E-state index in [2.05, 4.69) is 4.98 Å². The van der Waals surface area contributed by atoms with Crippen molar-refractivity contribution in [3.05, 3.63) is 40.2 Å². The van der Waals surface area contributed by atoms with Gasteiger partial charge in [0.25, 0.3) is 0 Å². The molecule has 0 aliphatic carbocycles. The molecule has 2 aromatic rings. The highest BCUT2D eigenvalue weighted by Crippen LogP contribution is 2.22. The number of thiophene rings is 1. The Hall–Kier alpha value is -1.13. The van der Waals surface area contributed by atoms with E-state index >= 15 is 0 Å². The van der Waals surface area contributed by atoms with Crippen LogP contribution in [0.4, 0.5) is 0 Å². The summed E-state index contributed by atoms with van der Waals surface area (Å²) in [6.45, 7) is 1.83. The number of hydrogen-bond acceptors (Lipinski definition) is 4. The van der Waals surface area contributed by atoms with Gasteiger partial charge in [0.1, 0.15) is 6.10 Å². The van der Waals surface area contributed by atoms with E-state index in [1.165, 1.54) is 6.39 Å². The first-order valence-electron chi connectivity index (χ1n) is 4.38. The van der Waals surface area contributed by atoms with Crippen molar-refractivity contribution in [3.8, 4) is 0 Å². The van der Waals surface area contributed by atoms with Crippen LogP contribution in [0.2, 0.25) is 0 Å². The first-order chi connectivity index (χ1) is 6.77. The molecular formula is C10H11NO2S. The van der Waals surface area contributed by atoms with Gasteiger partial charge in [0.15, 0.2) is 12.2 Å². The van der Waals surface area contributed by atoms with Crippen LogP contribution in [0, 0.1) is 6.92 Å². The fourth-order valence-corrected chi connectivity index (χ4v) is 2.09. The maximum Gasteiger partial charge on any atom is 0.181 e. The van der Waals surface area contributed by atoms with Crippen LogP contribution in [0.15, 0.2) is 28.3 Å². The third kappa shape index (κ3) is 1.86. The van der Waals surface area contributed by atoms with Gasteiger partial charge < -0.3 is 9.52 Å². The average molecular weight is 209 g/mol. The predicted octanol–water partition coefficient (Wildman–Crippen LogP) is 2.32. The van der Waals surface area contributed by atoms with Crippen LogP contribution in [-0.4, -0.2) is 10.1 Å². The highest BCUT2D eigenvalue weighted by molar-refractivity contribution is 7.09. The van der Waals surface area contributed by atoms with Crippen LogP contribution < -0.4 is 0 Å². The molecule has 0 aliphatic heterocycles. The minimum atomic E-state index is -0.587. The molecule has 74 valence electrons. The van der Waals surface area contributed by atoms with Crippen LogP contribution >= 0.6 is 11.3 Å². The van der Waals surface area contributed by atoms with Gasteiger partial charge in [-0.3, -0.25) is 0 Å². The molecule has 0 bridgehead atoms. The Kier molecular flexibility index (Phi) is 2.65. The maximum atomic E-state index is 9.83. The Balaban J connectivity index is 2.10. The van der Waals surface area contributed by atoms with E-state index in [4.69, 9.17) is 4.42 Å². The molecular weight excluding hydrogens is 198 g/mol. The standard InChI is InChI=1S/C10H11NO2S/c1-7-10(13-6-11-7)9(12)5-8-3-2-4-14-8/h2-4,6,9,12H,5H2,1H3. The normalized spacial score (nSPS) is 13.0. The average Bonchev–Trinajstić information content (AvgIpc) is 2.75. The summed E-state index contributed by atoms with van der Waals surface area (Å²) in [5.74, 6) is 0.568. The molecule has 0 amide bonds. The Morgan fingerprint density at radius 1 is 1.64 bits per heavy atom. The summed E-state index contributed by atoms with van der Waals surface area (Å²) >= 11 is 1.63. The van der Waals surface area contributed by atoms with Gasteiger partial charge in [-0.1, -0.05) is 6.07 Å². The Morgan fingerprint density at radius 2 is 2.50 bits per heavy atom. The number of aliphatic hydroxyl groups is 1. The summed E-state index contributed by atoms with van der Waals surface area (Å²) in [4.78, 5) is 5.09. The van der Waals surface area contributed by atoms with Crippen molar-refractivity contribution in [2.45, 2.75) is 19.4 Å². The predicted molar refractivity (Wildman–Crippen MR) is 54.2 cm³/mol. The molecule has 2 aromatic heterocycles. The van der Waals surface area contributed by atoms with Gasteiger partial charge in [-0.05, 0) is 18.4 Å². The lowest BCUT2D eigenvalue weighted by Gasteiger charge is -2.05. The van der Waals surface area contributed by atoms with Gasteiger partial charge >= 0.3 is 0 Å². The summed E-state index contributed by atoms with van der Waals surface area (Å²) in [7, 11) is 0. The molecule has 4 heteroatoms. The molecule has 0 aromatic carbocycles. The molecule has 14 heavy (non-hydrogen) atoms. The zero-order chi connectivity index (χ0) is 9.97. The molecule has 1 atom stereocenters. The lowest BCUT2D eigenvalue weighted by atomic mass is 10.1. The summed E-state index contributed by atoms with van der Waals surface area (Å²) in [5, 5.41) is 11.8. The van der Waals surface area contributed by atoms with Crippen molar-refractivity contribution < 1.29 is 9.52 Å². The van der Waals surface area contributed by atoms with Gasteiger partial charge in [0, 0.05) is 11.3 Å². The van der Waals surface area contributed by atoms with E-state index in [9.17, 15) is 5.11 Å². The highest BCUT2D eigenvalue weighted by Gasteiger charge is 2.15. The van der Waals surface area contributed by atoms with Crippen LogP contribution in [0.25, 0.3) is 0 Å². The second-order valence-electron chi connectivity index (χ2n) is 3.10. The van der Waals surface area contributed by atoms with E-state index in [1.54, 1.807) is 11.3 Å². The monoisotopic (exact) mass is 209 g/mol. The van der Waals surface area contributed by atoms with Crippen molar-refractivity contribution in [1.29, 1.82) is 0 Å². The van der Waals surface area contributed by atoms with Gasteiger partial charge in [-0.2, -0.15) is 0 Å². The van der Waals surface area contributed by atoms with Crippen molar-refractivity contribution in [2.75, 3.05) is 0 Å². The van der Waals surface area contributed by atoms with Crippen molar-refractivity contribution in [1.82, 2.24) is 4.98 Å². The van der Waals surface area contributed by atoms with E-state index in [1.807, 2.05) is 24.4 Å². The summed E-state index contributed by atoms with van der Waals surface area (Å²) in [6, 6.07) is 3.97. The van der Waals surface area contributed by atoms with E-state index < -0.39 is 6.10 Å². The molecule has 0 fully saturated rings. The minimum absolute atomic E-state index is 0.568. The molecule has 0 spiro atoms. The van der Waals surface area contributed by atoms with Gasteiger partial charge in [0.2, 0.25) is 0 Å². The molecule has 0 saturated heterocycles. The van der Waals surface area contributed by atoms with E-state index in [0.29, 0.717) is 12.2 Å². The number of rotatable bonds is 3. The zero-order valence-electron chi connectivity index (χ0n) is 7.80. The third-order valence-electron chi connectivity index (χ3n) is 2.06. The molecule has 2 heterocycles. The molecule has 0 aliphatic rings. The summed E-state index contributed by atoms with van der Waals surface area (Å²) in [5.41, 5.74) is 0.758. The molecule has 1 unspecified atom stereocenters. The topological polar surface area (TPSA) is 46.3 Å². The summed E-state index contributed by atoms with van der Waals surface area (Å²) in [6.07, 6.45) is 1.37. The Bertz CT molecular complexity index is 394. The lowest BCUT2D eigenvalue weighted by molar-refractivity contribution is 0.150. The first kappa shape index (κ1) is 9.43. The number of oxazole rings is 1. The zero-order valence-corrected chi connectivity index (χ0v) is 8.62. The van der Waals surface area contributed by atoms with Gasteiger partial charge in [-0.15, -0.1) is 11.3 Å². The smallest absolute Gasteiger partial charge is 0.181 e. The van der Waals surface area contributed by atoms with Gasteiger partial charge in [-0.25, -0.2) is 4.98 Å². The number of hydrogen-bond donors (Lipinski definition) is 1. The minimum Gasteiger partial charge on any atom is -0.445 e. The fraction of sp³-hybridized carbons (Fsp3) is 0.300. The number of aliphatic hydroxyl groups excluding tert-OH is 1. The SMILES string of the molecule is Cc1ncoc1C(O)Cc1cccs1. The van der Waals surface area contributed by atoms with Crippen LogP contribution in [-0.2, 0) is 6.42 Å². The van der Waals surface area contributed by atoms with Crippen molar-refractivity contribution in [2.24, 2.45) is 0 Å². The highest BCUT2D eigenvalue weighted by atomic mass is 32.1. The maximum absolute atomic E-state index is 9.83. The second kappa shape index (κ2) is 3.94. The molecule has 2 rings (SSSR count). The Labute approximate surface area is 86.0 Å². The van der Waals surface area contributed by atoms with Crippen LogP contribution in [0.5, 0.6) is 0 Å². The summed E-state index contributed by atoms with van der Waals surface area (Å²) < 4.78 is 5.12. The second-order valence-corrected chi connectivity index (χ2v) is 4.13. The quantitative estimate of drug-likeness (QED) is 0.843. The number of nitrogens with zero attached hydrogens (tertiary/aromatic N) is 1. The van der Waals surface area contributed by atoms with Gasteiger partial charge in [0.05, 0.1) is 5.69 Å². The first-order valence-corrected chi connectivity index (χ1v) is 5.26. The molecule has 0 radical (unpaired) electrons. The van der Waals surface area contributed by atoms with Crippen molar-refractivity contribution >= 4 is 11.3 Å². The Morgan fingerprint density at radius 3 is 3.07 bits per heavy atom. The number of aryl methyl sites for hydroxylation is 1. The third-order valence-corrected chi connectivity index (χ3v) is 2.96. The lowest BCUT2D eigenvalue weighted by Crippen LogP contribution is -2.00. The van der Waals surface area contributed by atoms with Crippen LogP contribution in [0.3, 0.4) is 0 Å². The molecule has 0 saturated carbocycles. The van der Waals surface area contributed by atoms with Crippen LogP contribution in [0.1, 0.15) is 22.4 Å². The van der Waals surface area contributed by atoms with E-state index in [0.717, 1.165) is 10.6 Å². The van der Waals surface area contributed by atoms with E-state index in [-0.39, 0.29) is 0 Å². The fourth-order valence-electron chi connectivity index (χ4n) is 1.34. The largest absolute Gasteiger partial charge is 0.445 e. The number of aromatic nitrogens is 1. The van der Waals surface area contributed by atoms with Crippen molar-refractivity contribution in [3.63, 3.8) is 0 Å².